The number of hydrogen-bond acceptors (Lipinski definition) is 4. The minimum Gasteiger partial charge on any atom is -0.504 e. The number of phenols is 1. The zero-order valence-electron chi connectivity index (χ0n) is 13.0. The van der Waals surface area contributed by atoms with E-state index in [1.165, 1.54) is 7.11 Å². The minimum atomic E-state index is -0.464. The molecule has 0 aromatic heterocycles. The number of piperidine rings is 1. The summed E-state index contributed by atoms with van der Waals surface area (Å²) in [6, 6.07) is 5.15. The van der Waals surface area contributed by atoms with Gasteiger partial charge in [0.15, 0.2) is 11.5 Å². The maximum Gasteiger partial charge on any atom is 0.242 e. The van der Waals surface area contributed by atoms with E-state index in [1.54, 1.807) is 23.1 Å². The van der Waals surface area contributed by atoms with E-state index < -0.39 is 5.54 Å². The Bertz CT molecular complexity index is 510. The van der Waals surface area contributed by atoms with Crippen molar-refractivity contribution in [1.82, 2.24) is 10.2 Å². The fourth-order valence-corrected chi connectivity index (χ4v) is 2.83. The Morgan fingerprint density at radius 2 is 2.24 bits per heavy atom. The molecule has 116 valence electrons. The predicted molar refractivity (Wildman–Crippen MR) is 81.4 cm³/mol. The highest BCUT2D eigenvalue weighted by atomic mass is 16.5. The summed E-state index contributed by atoms with van der Waals surface area (Å²) in [5.41, 5.74) is 0.466. The van der Waals surface area contributed by atoms with Gasteiger partial charge in [-0.25, -0.2) is 0 Å². The first-order chi connectivity index (χ1) is 9.96. The first-order valence-corrected chi connectivity index (χ1v) is 7.33. The van der Waals surface area contributed by atoms with Gasteiger partial charge in [-0.05, 0) is 50.4 Å². The summed E-state index contributed by atoms with van der Waals surface area (Å²) in [5.74, 6) is 0.640. The van der Waals surface area contributed by atoms with Crippen LogP contribution in [0.4, 0.5) is 0 Å². The molecule has 21 heavy (non-hydrogen) atoms. The van der Waals surface area contributed by atoms with Crippen LogP contribution in [-0.2, 0) is 11.3 Å². The van der Waals surface area contributed by atoms with Crippen molar-refractivity contribution in [1.29, 1.82) is 0 Å². The van der Waals surface area contributed by atoms with Crippen LogP contribution in [0.1, 0.15) is 31.7 Å². The van der Waals surface area contributed by atoms with Gasteiger partial charge in [-0.15, -0.1) is 0 Å². The molecule has 1 atom stereocenters. The lowest BCUT2D eigenvalue weighted by molar-refractivity contribution is -0.137. The molecule has 1 aliphatic rings. The molecule has 1 unspecified atom stereocenters. The van der Waals surface area contributed by atoms with Gasteiger partial charge >= 0.3 is 0 Å². The summed E-state index contributed by atoms with van der Waals surface area (Å²) in [5, 5.41) is 12.9. The molecule has 1 aromatic carbocycles. The van der Waals surface area contributed by atoms with Crippen molar-refractivity contribution in [2.45, 2.75) is 38.3 Å². The number of aromatic hydroxyl groups is 1. The molecule has 0 aliphatic carbocycles. The summed E-state index contributed by atoms with van der Waals surface area (Å²) in [6.07, 6.45) is 3.08. The van der Waals surface area contributed by atoms with Crippen LogP contribution in [0.15, 0.2) is 18.2 Å². The normalized spacial score (nSPS) is 21.9. The zero-order valence-corrected chi connectivity index (χ0v) is 13.0. The number of nitrogens with one attached hydrogen (secondary N) is 1. The second-order valence-corrected chi connectivity index (χ2v) is 5.88. The van der Waals surface area contributed by atoms with Gasteiger partial charge in [-0.2, -0.15) is 0 Å². The quantitative estimate of drug-likeness (QED) is 0.889. The number of benzene rings is 1. The largest absolute Gasteiger partial charge is 0.504 e. The second kappa shape index (κ2) is 6.35. The van der Waals surface area contributed by atoms with Crippen molar-refractivity contribution in [2.24, 2.45) is 0 Å². The Hall–Kier alpha value is -1.75. The van der Waals surface area contributed by atoms with E-state index in [4.69, 9.17) is 4.74 Å². The highest BCUT2D eigenvalue weighted by Gasteiger charge is 2.36. The Balaban J connectivity index is 2.06. The average molecular weight is 292 g/mol. The number of amides is 1. The molecule has 1 aliphatic heterocycles. The van der Waals surface area contributed by atoms with Crippen LogP contribution >= 0.6 is 0 Å². The third kappa shape index (κ3) is 3.47. The fourth-order valence-electron chi connectivity index (χ4n) is 2.83. The SMILES string of the molecule is COc1cc(CN(C)C(=O)C2(C)CCCCN2)ccc1O. The molecule has 0 spiro atoms. The van der Waals surface area contributed by atoms with Crippen LogP contribution in [0.25, 0.3) is 0 Å². The Morgan fingerprint density at radius 1 is 1.48 bits per heavy atom. The van der Waals surface area contributed by atoms with Gasteiger partial charge in [0, 0.05) is 13.6 Å². The monoisotopic (exact) mass is 292 g/mol. The van der Waals surface area contributed by atoms with Crippen LogP contribution < -0.4 is 10.1 Å². The number of likely N-dealkylation sites (N-methyl/N-ethyl adjacent to an activating group) is 1. The van der Waals surface area contributed by atoms with Crippen molar-refractivity contribution >= 4 is 5.91 Å². The molecule has 1 saturated heterocycles. The lowest BCUT2D eigenvalue weighted by atomic mass is 9.89. The van der Waals surface area contributed by atoms with Crippen LogP contribution in [-0.4, -0.2) is 42.2 Å². The number of nitrogens with zero attached hydrogens (tertiary/aromatic N) is 1. The first-order valence-electron chi connectivity index (χ1n) is 7.33. The van der Waals surface area contributed by atoms with Crippen LogP contribution in [0.5, 0.6) is 11.5 Å². The Morgan fingerprint density at radius 3 is 2.86 bits per heavy atom. The predicted octanol–water partition coefficient (Wildman–Crippen LogP) is 1.89. The van der Waals surface area contributed by atoms with Crippen molar-refractivity contribution in [2.75, 3.05) is 20.7 Å². The molecule has 5 nitrogen and oxygen atoms in total. The summed E-state index contributed by atoms with van der Waals surface area (Å²) < 4.78 is 5.10. The van der Waals surface area contributed by atoms with Gasteiger partial charge < -0.3 is 20.1 Å². The molecule has 0 radical (unpaired) electrons. The molecule has 2 N–H and O–H groups in total. The molecular weight excluding hydrogens is 268 g/mol. The van der Waals surface area contributed by atoms with E-state index in [0.717, 1.165) is 31.4 Å². The van der Waals surface area contributed by atoms with Gasteiger partial charge in [0.2, 0.25) is 5.91 Å². The van der Waals surface area contributed by atoms with Crippen molar-refractivity contribution in [3.05, 3.63) is 23.8 Å². The van der Waals surface area contributed by atoms with Gasteiger partial charge in [0.05, 0.1) is 12.6 Å². The van der Waals surface area contributed by atoms with Gasteiger partial charge in [-0.1, -0.05) is 6.07 Å². The highest BCUT2D eigenvalue weighted by Crippen LogP contribution is 2.27. The van der Waals surface area contributed by atoms with Gasteiger partial charge in [0.1, 0.15) is 0 Å². The molecule has 1 heterocycles. The molecule has 0 saturated carbocycles. The van der Waals surface area contributed by atoms with E-state index in [9.17, 15) is 9.90 Å². The number of ether oxygens (including phenoxy) is 1. The van der Waals surface area contributed by atoms with E-state index >= 15 is 0 Å². The van der Waals surface area contributed by atoms with Crippen molar-refractivity contribution in [3.63, 3.8) is 0 Å². The summed E-state index contributed by atoms with van der Waals surface area (Å²) in [4.78, 5) is 14.4. The fraction of sp³-hybridized carbons (Fsp3) is 0.562. The van der Waals surface area contributed by atoms with E-state index in [2.05, 4.69) is 5.32 Å². The van der Waals surface area contributed by atoms with Crippen molar-refractivity contribution < 1.29 is 14.6 Å². The highest BCUT2D eigenvalue weighted by molar-refractivity contribution is 5.85. The summed E-state index contributed by atoms with van der Waals surface area (Å²) >= 11 is 0. The molecule has 1 fully saturated rings. The van der Waals surface area contributed by atoms with Crippen LogP contribution in [0.2, 0.25) is 0 Å². The topological polar surface area (TPSA) is 61.8 Å². The van der Waals surface area contributed by atoms with Gasteiger partial charge in [-0.3, -0.25) is 4.79 Å². The average Bonchev–Trinajstić information content (AvgIpc) is 2.49. The maximum atomic E-state index is 12.6. The van der Waals surface area contributed by atoms with Crippen molar-refractivity contribution in [3.8, 4) is 11.5 Å². The lowest BCUT2D eigenvalue weighted by Crippen LogP contribution is -2.57. The molecule has 5 heteroatoms. The van der Waals surface area contributed by atoms with E-state index in [0.29, 0.717) is 12.3 Å². The maximum absolute atomic E-state index is 12.6. The Labute approximate surface area is 125 Å². The number of phenolic OH excluding ortho intramolecular Hbond substituents is 1. The van der Waals surface area contributed by atoms with E-state index in [-0.39, 0.29) is 11.7 Å². The number of hydrogen-bond donors (Lipinski definition) is 2. The second-order valence-electron chi connectivity index (χ2n) is 5.88. The number of carbonyl (C=O) groups excluding carboxylic acids is 1. The van der Waals surface area contributed by atoms with Crippen LogP contribution in [0.3, 0.4) is 0 Å². The number of rotatable bonds is 4. The first kappa shape index (κ1) is 15.6. The molecule has 1 amide bonds. The van der Waals surface area contributed by atoms with E-state index in [1.807, 2.05) is 14.0 Å². The molecular formula is C16H24N2O3. The number of methoxy groups -OCH3 is 1. The zero-order chi connectivity index (χ0) is 15.5. The Kier molecular flexibility index (Phi) is 4.73. The van der Waals surface area contributed by atoms with Gasteiger partial charge in [0.25, 0.3) is 0 Å². The smallest absolute Gasteiger partial charge is 0.242 e. The molecule has 0 bridgehead atoms. The minimum absolute atomic E-state index is 0.106. The molecule has 2 rings (SSSR count). The summed E-state index contributed by atoms with van der Waals surface area (Å²) in [6.45, 7) is 3.36. The molecule has 1 aromatic rings. The third-order valence-electron chi connectivity index (χ3n) is 4.10. The third-order valence-corrected chi connectivity index (χ3v) is 4.10. The lowest BCUT2D eigenvalue weighted by Gasteiger charge is -2.36. The van der Waals surface area contributed by atoms with Crippen LogP contribution in [0, 0.1) is 0 Å². The summed E-state index contributed by atoms with van der Waals surface area (Å²) in [7, 11) is 3.32. The number of carbonyl (C=O) groups is 1. The standard InChI is InChI=1S/C16H24N2O3/c1-16(8-4-5-9-17-16)15(20)18(2)11-12-6-7-13(19)14(10-12)21-3/h6-7,10,17,19H,4-5,8-9,11H2,1-3H3.